The van der Waals surface area contributed by atoms with E-state index in [1.165, 1.54) is 11.1 Å². The van der Waals surface area contributed by atoms with Crippen LogP contribution in [0.2, 0.25) is 0 Å². The van der Waals surface area contributed by atoms with Gasteiger partial charge in [0.15, 0.2) is 0 Å². The molecule has 1 fully saturated rings. The van der Waals surface area contributed by atoms with Crippen LogP contribution in [0.3, 0.4) is 0 Å². The number of nitrogens with zero attached hydrogens (tertiary/aromatic N) is 3. The molecule has 1 atom stereocenters. The van der Waals surface area contributed by atoms with E-state index in [4.69, 9.17) is 5.73 Å². The van der Waals surface area contributed by atoms with Crippen molar-refractivity contribution in [2.24, 2.45) is 0 Å². The van der Waals surface area contributed by atoms with Gasteiger partial charge in [0.1, 0.15) is 10.7 Å². The number of nitrogen functional groups attached to an aromatic ring is 1. The predicted octanol–water partition coefficient (Wildman–Crippen LogP) is 2.88. The smallest absolute Gasteiger partial charge is 0.370 e. The molecule has 0 bridgehead atoms. The molecule has 0 amide bonds. The van der Waals surface area contributed by atoms with E-state index >= 15 is 0 Å². The Bertz CT molecular complexity index is 950. The van der Waals surface area contributed by atoms with Crippen molar-refractivity contribution in [1.29, 1.82) is 0 Å². The first-order valence-corrected chi connectivity index (χ1v) is 9.52. The third-order valence-electron chi connectivity index (χ3n) is 4.39. The fourth-order valence-corrected chi connectivity index (χ4v) is 4.13. The van der Waals surface area contributed by atoms with Gasteiger partial charge in [0, 0.05) is 25.2 Å². The molecule has 0 radical (unpaired) electrons. The lowest BCUT2D eigenvalue weighted by molar-refractivity contribution is -0.0435. The Morgan fingerprint density at radius 2 is 1.96 bits per heavy atom. The van der Waals surface area contributed by atoms with Crippen LogP contribution in [-0.2, 0) is 9.84 Å². The number of aromatic nitrogens is 2. The van der Waals surface area contributed by atoms with Crippen molar-refractivity contribution < 1.29 is 26.0 Å². The van der Waals surface area contributed by atoms with Gasteiger partial charge in [-0.25, -0.2) is 22.8 Å². The van der Waals surface area contributed by atoms with Crippen molar-refractivity contribution in [2.45, 2.75) is 29.2 Å². The second-order valence-corrected chi connectivity index (χ2v) is 8.10. The van der Waals surface area contributed by atoms with E-state index in [-0.39, 0.29) is 24.1 Å². The Balaban J connectivity index is 1.99. The highest BCUT2D eigenvalue weighted by molar-refractivity contribution is 7.92. The van der Waals surface area contributed by atoms with E-state index in [0.29, 0.717) is 31.1 Å². The molecule has 1 saturated heterocycles. The summed E-state index contributed by atoms with van der Waals surface area (Å²) in [5.74, 6) is -1.15. The fraction of sp³-hybridized carbons (Fsp3) is 0.375. The maximum absolute atomic E-state index is 13.5. The first kappa shape index (κ1) is 19.3. The van der Waals surface area contributed by atoms with Crippen molar-refractivity contribution in [2.75, 3.05) is 23.7 Å². The molecule has 2 heterocycles. The summed E-state index contributed by atoms with van der Waals surface area (Å²) >= 11 is 0. The van der Waals surface area contributed by atoms with E-state index < -0.39 is 26.1 Å². The summed E-state index contributed by atoms with van der Waals surface area (Å²) in [6.45, 7) is 0.561. The molecule has 1 aromatic carbocycles. The number of hydrogen-bond donors (Lipinski definition) is 1. The second kappa shape index (κ2) is 6.95. The zero-order chi connectivity index (χ0) is 19.8. The zero-order valence-corrected chi connectivity index (χ0v) is 14.8. The number of anilines is 2. The number of halogens is 4. The number of alkyl halides is 3. The molecule has 0 spiro atoms. The van der Waals surface area contributed by atoms with Crippen LogP contribution in [0.25, 0.3) is 0 Å². The van der Waals surface area contributed by atoms with E-state index in [1.54, 1.807) is 6.07 Å². The Labute approximate surface area is 152 Å². The molecule has 0 saturated carbocycles. The standard InChI is InChI=1S/C16H16F4N4O2S/c17-11-3-4-13(14(8-11)27(25,26)16(18,19)20)24-7-1-2-10(9-24)12-5-6-22-15(21)23-12/h3-6,8,10H,1-2,7,9H2,(H2,21,22,23)/t10-/m1/s1. The molecule has 1 aliphatic heterocycles. The first-order valence-electron chi connectivity index (χ1n) is 8.04. The SMILES string of the molecule is Nc1nccc([C@@H]2CCCN(c3ccc(F)cc3S(=O)(=O)C(F)(F)F)C2)n1. The van der Waals surface area contributed by atoms with Gasteiger partial charge in [-0.3, -0.25) is 0 Å². The van der Waals surface area contributed by atoms with E-state index in [9.17, 15) is 26.0 Å². The zero-order valence-electron chi connectivity index (χ0n) is 13.9. The number of hydrogen-bond acceptors (Lipinski definition) is 6. The van der Waals surface area contributed by atoms with Gasteiger partial charge in [-0.05, 0) is 37.1 Å². The summed E-state index contributed by atoms with van der Waals surface area (Å²) in [6, 6.07) is 4.06. The Hall–Kier alpha value is -2.43. The molecule has 0 unspecified atom stereocenters. The third kappa shape index (κ3) is 3.82. The molecular formula is C16H16F4N4O2S. The van der Waals surface area contributed by atoms with Gasteiger partial charge in [0.2, 0.25) is 5.95 Å². The molecule has 2 N–H and O–H groups in total. The summed E-state index contributed by atoms with van der Waals surface area (Å²) in [7, 11) is -5.70. The molecule has 2 aromatic rings. The minimum Gasteiger partial charge on any atom is -0.370 e. The second-order valence-electron chi connectivity index (χ2n) is 6.19. The van der Waals surface area contributed by atoms with Crippen molar-refractivity contribution >= 4 is 21.5 Å². The molecule has 11 heteroatoms. The summed E-state index contributed by atoms with van der Waals surface area (Å²) < 4.78 is 76.4. The van der Waals surface area contributed by atoms with Gasteiger partial charge in [0.25, 0.3) is 9.84 Å². The topological polar surface area (TPSA) is 89.2 Å². The summed E-state index contributed by atoms with van der Waals surface area (Å²) in [6.07, 6.45) is 2.78. The Kier molecular flexibility index (Phi) is 4.98. The first-order chi connectivity index (χ1) is 12.6. The van der Waals surface area contributed by atoms with Gasteiger partial charge in [-0.2, -0.15) is 13.2 Å². The molecular weight excluding hydrogens is 388 g/mol. The van der Waals surface area contributed by atoms with E-state index in [1.807, 2.05) is 0 Å². The molecule has 3 rings (SSSR count). The number of nitrogens with two attached hydrogens (primary N) is 1. The van der Waals surface area contributed by atoms with Gasteiger partial charge < -0.3 is 10.6 Å². The van der Waals surface area contributed by atoms with Crippen LogP contribution >= 0.6 is 0 Å². The van der Waals surface area contributed by atoms with Crippen LogP contribution in [0.5, 0.6) is 0 Å². The molecule has 6 nitrogen and oxygen atoms in total. The number of rotatable bonds is 3. The lowest BCUT2D eigenvalue weighted by Gasteiger charge is -2.35. The van der Waals surface area contributed by atoms with Crippen LogP contribution in [0, 0.1) is 5.82 Å². The molecule has 1 aliphatic rings. The average molecular weight is 404 g/mol. The van der Waals surface area contributed by atoms with E-state index in [0.717, 1.165) is 12.1 Å². The molecule has 1 aromatic heterocycles. The lowest BCUT2D eigenvalue weighted by atomic mass is 9.94. The Morgan fingerprint density at radius 3 is 2.63 bits per heavy atom. The van der Waals surface area contributed by atoms with Crippen molar-refractivity contribution in [3.8, 4) is 0 Å². The van der Waals surface area contributed by atoms with Crippen molar-refractivity contribution in [3.63, 3.8) is 0 Å². The van der Waals surface area contributed by atoms with Gasteiger partial charge in [-0.1, -0.05) is 0 Å². The van der Waals surface area contributed by atoms with Crippen LogP contribution in [-0.4, -0.2) is 37.0 Å². The predicted molar refractivity (Wildman–Crippen MR) is 90.3 cm³/mol. The van der Waals surface area contributed by atoms with Crippen LogP contribution < -0.4 is 10.6 Å². The summed E-state index contributed by atoms with van der Waals surface area (Å²) in [5.41, 5.74) is 0.493. The summed E-state index contributed by atoms with van der Waals surface area (Å²) in [5, 5.41) is 0. The highest BCUT2D eigenvalue weighted by Gasteiger charge is 2.48. The quantitative estimate of drug-likeness (QED) is 0.792. The maximum atomic E-state index is 13.5. The van der Waals surface area contributed by atoms with Crippen molar-refractivity contribution in [1.82, 2.24) is 9.97 Å². The minimum atomic E-state index is -5.70. The number of piperidine rings is 1. The van der Waals surface area contributed by atoms with Crippen LogP contribution in [0.15, 0.2) is 35.4 Å². The molecule has 27 heavy (non-hydrogen) atoms. The average Bonchev–Trinajstić information content (AvgIpc) is 2.61. The largest absolute Gasteiger partial charge is 0.501 e. The normalized spacial score (nSPS) is 18.5. The van der Waals surface area contributed by atoms with E-state index in [2.05, 4.69) is 9.97 Å². The van der Waals surface area contributed by atoms with Gasteiger partial charge in [0.05, 0.1) is 11.4 Å². The molecule has 146 valence electrons. The fourth-order valence-electron chi connectivity index (χ4n) is 3.14. The summed E-state index contributed by atoms with van der Waals surface area (Å²) in [4.78, 5) is 8.35. The lowest BCUT2D eigenvalue weighted by Crippen LogP contribution is -2.36. The maximum Gasteiger partial charge on any atom is 0.501 e. The van der Waals surface area contributed by atoms with Crippen LogP contribution in [0.1, 0.15) is 24.5 Å². The highest BCUT2D eigenvalue weighted by Crippen LogP contribution is 2.38. The van der Waals surface area contributed by atoms with Crippen molar-refractivity contribution in [3.05, 3.63) is 42.0 Å². The van der Waals surface area contributed by atoms with Gasteiger partial charge in [-0.15, -0.1) is 0 Å². The minimum absolute atomic E-state index is 0.0757. The monoisotopic (exact) mass is 404 g/mol. The number of benzene rings is 1. The van der Waals surface area contributed by atoms with Gasteiger partial charge >= 0.3 is 5.51 Å². The van der Waals surface area contributed by atoms with Crippen LogP contribution in [0.4, 0.5) is 29.2 Å². The number of sulfone groups is 1. The molecule has 0 aliphatic carbocycles. The third-order valence-corrected chi connectivity index (χ3v) is 5.91. The Morgan fingerprint density at radius 1 is 1.22 bits per heavy atom. The highest BCUT2D eigenvalue weighted by atomic mass is 32.2.